The van der Waals surface area contributed by atoms with Crippen LogP contribution in [0.2, 0.25) is 0 Å². The van der Waals surface area contributed by atoms with E-state index in [9.17, 15) is 0 Å². The first-order valence-corrected chi connectivity index (χ1v) is 5.98. The van der Waals surface area contributed by atoms with E-state index in [4.69, 9.17) is 0 Å². The summed E-state index contributed by atoms with van der Waals surface area (Å²) in [4.78, 5) is 0. The van der Waals surface area contributed by atoms with Gasteiger partial charge >= 0.3 is 0 Å². The van der Waals surface area contributed by atoms with Gasteiger partial charge in [-0.2, -0.15) is 5.10 Å². The Morgan fingerprint density at radius 2 is 2.13 bits per heavy atom. The van der Waals surface area contributed by atoms with Gasteiger partial charge in [0.2, 0.25) is 0 Å². The number of hydrogen-bond acceptors (Lipinski definition) is 1. The van der Waals surface area contributed by atoms with Crippen molar-refractivity contribution >= 4 is 26.8 Å². The molecule has 0 radical (unpaired) electrons. The van der Waals surface area contributed by atoms with Crippen LogP contribution in [0.5, 0.6) is 0 Å². The zero-order valence-electron chi connectivity index (χ0n) is 9.29. The highest BCUT2D eigenvalue weighted by Crippen LogP contribution is 2.23. The van der Waals surface area contributed by atoms with Crippen LogP contribution in [-0.2, 0) is 13.5 Å². The Hall–Kier alpha value is -0.830. The predicted octanol–water partition coefficient (Wildman–Crippen LogP) is 3.53. The summed E-state index contributed by atoms with van der Waals surface area (Å²) >= 11 is 3.47. The van der Waals surface area contributed by atoms with Gasteiger partial charge in [-0.15, -0.1) is 0 Å². The molecule has 0 amide bonds. The lowest BCUT2D eigenvalue weighted by Gasteiger charge is -2.05. The fraction of sp³-hybridized carbons (Fsp3) is 0.417. The van der Waals surface area contributed by atoms with Gasteiger partial charge in [0.1, 0.15) is 0 Å². The fourth-order valence-corrected chi connectivity index (χ4v) is 2.21. The SMILES string of the molecule is CC(C)Cc1c2ccc(Br)cc2nn1C. The number of hydrogen-bond donors (Lipinski definition) is 0. The van der Waals surface area contributed by atoms with E-state index in [0.29, 0.717) is 5.92 Å². The standard InChI is InChI=1S/C12H15BrN2/c1-8(2)6-12-10-5-4-9(13)7-11(10)14-15(12)3/h4-5,7-8H,6H2,1-3H3. The first-order valence-electron chi connectivity index (χ1n) is 5.19. The van der Waals surface area contributed by atoms with Crippen LogP contribution in [0.3, 0.4) is 0 Å². The lowest BCUT2D eigenvalue weighted by molar-refractivity contribution is 0.599. The molecule has 15 heavy (non-hydrogen) atoms. The maximum Gasteiger partial charge on any atom is 0.0937 e. The molecule has 0 fully saturated rings. The van der Waals surface area contributed by atoms with E-state index >= 15 is 0 Å². The minimum Gasteiger partial charge on any atom is -0.271 e. The summed E-state index contributed by atoms with van der Waals surface area (Å²) in [7, 11) is 2.02. The molecule has 3 heteroatoms. The van der Waals surface area contributed by atoms with Crippen LogP contribution in [0, 0.1) is 5.92 Å². The highest BCUT2D eigenvalue weighted by atomic mass is 79.9. The van der Waals surface area contributed by atoms with E-state index in [1.165, 1.54) is 11.1 Å². The van der Waals surface area contributed by atoms with Crippen molar-refractivity contribution in [3.8, 4) is 0 Å². The van der Waals surface area contributed by atoms with Crippen molar-refractivity contribution in [1.82, 2.24) is 9.78 Å². The molecule has 0 saturated heterocycles. The molecule has 80 valence electrons. The average molecular weight is 267 g/mol. The molecule has 2 rings (SSSR count). The molecule has 0 atom stereocenters. The second kappa shape index (κ2) is 3.97. The Labute approximate surface area is 98.4 Å². The Balaban J connectivity index is 2.58. The number of fused-ring (bicyclic) bond motifs is 1. The number of aromatic nitrogens is 2. The van der Waals surface area contributed by atoms with Gasteiger partial charge in [0.05, 0.1) is 5.52 Å². The van der Waals surface area contributed by atoms with Crippen LogP contribution in [0.4, 0.5) is 0 Å². The summed E-state index contributed by atoms with van der Waals surface area (Å²) < 4.78 is 3.08. The van der Waals surface area contributed by atoms with Crippen molar-refractivity contribution in [2.45, 2.75) is 20.3 Å². The third kappa shape index (κ3) is 2.07. The van der Waals surface area contributed by atoms with E-state index in [1.54, 1.807) is 0 Å². The summed E-state index contributed by atoms with van der Waals surface area (Å²) in [5.74, 6) is 0.659. The number of aryl methyl sites for hydroxylation is 1. The van der Waals surface area contributed by atoms with E-state index in [1.807, 2.05) is 11.7 Å². The first-order chi connectivity index (χ1) is 7.08. The number of halogens is 1. The van der Waals surface area contributed by atoms with E-state index < -0.39 is 0 Å². The predicted molar refractivity (Wildman–Crippen MR) is 67.0 cm³/mol. The Kier molecular flexibility index (Phi) is 2.83. The molecule has 2 nitrogen and oxygen atoms in total. The topological polar surface area (TPSA) is 17.8 Å². The van der Waals surface area contributed by atoms with Gasteiger partial charge < -0.3 is 0 Å². The van der Waals surface area contributed by atoms with Crippen molar-refractivity contribution in [2.75, 3.05) is 0 Å². The van der Waals surface area contributed by atoms with Crippen molar-refractivity contribution < 1.29 is 0 Å². The van der Waals surface area contributed by atoms with Gasteiger partial charge in [-0.05, 0) is 30.5 Å². The monoisotopic (exact) mass is 266 g/mol. The molecule has 1 heterocycles. The van der Waals surface area contributed by atoms with Gasteiger partial charge in [0.25, 0.3) is 0 Å². The molecule has 0 unspecified atom stereocenters. The minimum atomic E-state index is 0.659. The molecule has 0 aliphatic rings. The first kappa shape index (κ1) is 10.7. The molecule has 0 aliphatic heterocycles. The van der Waals surface area contributed by atoms with Crippen LogP contribution in [0.1, 0.15) is 19.5 Å². The lowest BCUT2D eigenvalue weighted by atomic mass is 10.1. The molecular formula is C12H15BrN2. The Morgan fingerprint density at radius 1 is 1.40 bits per heavy atom. The van der Waals surface area contributed by atoms with E-state index in [-0.39, 0.29) is 0 Å². The number of rotatable bonds is 2. The van der Waals surface area contributed by atoms with E-state index in [2.05, 4.69) is 53.1 Å². The smallest absolute Gasteiger partial charge is 0.0937 e. The quantitative estimate of drug-likeness (QED) is 0.813. The van der Waals surface area contributed by atoms with Crippen molar-refractivity contribution in [3.63, 3.8) is 0 Å². The van der Waals surface area contributed by atoms with Crippen LogP contribution >= 0.6 is 15.9 Å². The largest absolute Gasteiger partial charge is 0.271 e. The molecule has 0 spiro atoms. The lowest BCUT2D eigenvalue weighted by Crippen LogP contribution is -2.02. The maximum absolute atomic E-state index is 4.51. The number of nitrogens with zero attached hydrogens (tertiary/aromatic N) is 2. The second-order valence-electron chi connectivity index (χ2n) is 4.33. The van der Waals surface area contributed by atoms with Crippen molar-refractivity contribution in [1.29, 1.82) is 0 Å². The normalized spacial score (nSPS) is 11.5. The van der Waals surface area contributed by atoms with Gasteiger partial charge in [-0.1, -0.05) is 29.8 Å². The number of benzene rings is 1. The molecule has 0 bridgehead atoms. The van der Waals surface area contributed by atoms with Gasteiger partial charge in [-0.25, -0.2) is 0 Å². The maximum atomic E-state index is 4.51. The zero-order valence-corrected chi connectivity index (χ0v) is 10.9. The second-order valence-corrected chi connectivity index (χ2v) is 5.25. The summed E-state index contributed by atoms with van der Waals surface area (Å²) in [5, 5.41) is 5.79. The van der Waals surface area contributed by atoms with Crippen LogP contribution < -0.4 is 0 Å². The fourth-order valence-electron chi connectivity index (χ4n) is 1.86. The van der Waals surface area contributed by atoms with Gasteiger partial charge in [0.15, 0.2) is 0 Å². The summed E-state index contributed by atoms with van der Waals surface area (Å²) in [5.41, 5.74) is 2.40. The zero-order chi connectivity index (χ0) is 11.0. The summed E-state index contributed by atoms with van der Waals surface area (Å²) in [6, 6.07) is 6.29. The Morgan fingerprint density at radius 3 is 2.80 bits per heavy atom. The summed E-state index contributed by atoms with van der Waals surface area (Å²) in [6.07, 6.45) is 1.08. The van der Waals surface area contributed by atoms with Crippen LogP contribution in [0.25, 0.3) is 10.9 Å². The van der Waals surface area contributed by atoms with Gasteiger partial charge in [0, 0.05) is 22.6 Å². The molecular weight excluding hydrogens is 252 g/mol. The Bertz CT molecular complexity index is 486. The average Bonchev–Trinajstić information content (AvgIpc) is 2.41. The molecule has 0 aliphatic carbocycles. The third-order valence-electron chi connectivity index (χ3n) is 2.52. The highest BCUT2D eigenvalue weighted by Gasteiger charge is 2.10. The van der Waals surface area contributed by atoms with Crippen LogP contribution in [-0.4, -0.2) is 9.78 Å². The van der Waals surface area contributed by atoms with E-state index in [0.717, 1.165) is 16.4 Å². The van der Waals surface area contributed by atoms with Crippen LogP contribution in [0.15, 0.2) is 22.7 Å². The third-order valence-corrected chi connectivity index (χ3v) is 3.01. The van der Waals surface area contributed by atoms with Gasteiger partial charge in [-0.3, -0.25) is 4.68 Å². The minimum absolute atomic E-state index is 0.659. The molecule has 0 saturated carbocycles. The molecule has 2 aromatic rings. The summed E-state index contributed by atoms with van der Waals surface area (Å²) in [6.45, 7) is 4.47. The molecule has 0 N–H and O–H groups in total. The molecule has 1 aromatic heterocycles. The van der Waals surface area contributed by atoms with Crippen molar-refractivity contribution in [2.24, 2.45) is 13.0 Å². The van der Waals surface area contributed by atoms with Crippen molar-refractivity contribution in [3.05, 3.63) is 28.4 Å². The molecule has 1 aromatic carbocycles. The highest BCUT2D eigenvalue weighted by molar-refractivity contribution is 9.10.